The lowest BCUT2D eigenvalue weighted by Crippen LogP contribution is -2.05. The van der Waals surface area contributed by atoms with Crippen molar-refractivity contribution >= 4 is 22.7 Å². The number of benzene rings is 2. The van der Waals surface area contributed by atoms with Crippen LogP contribution in [0, 0.1) is 20.2 Å². The largest absolute Gasteiger partial charge is 0.416 e. The highest BCUT2D eigenvalue weighted by Crippen LogP contribution is 2.39. The lowest BCUT2D eigenvalue weighted by molar-refractivity contribution is -0.384. The fourth-order valence-electron chi connectivity index (χ4n) is 1.97. The summed E-state index contributed by atoms with van der Waals surface area (Å²) >= 11 is 0. The summed E-state index contributed by atoms with van der Waals surface area (Å²) in [4.78, 5) is 19.5. The predicted molar refractivity (Wildman–Crippen MR) is 80.4 cm³/mol. The Labute approximate surface area is 150 Å². The molecule has 0 saturated heterocycles. The summed E-state index contributed by atoms with van der Waals surface area (Å²) in [5.41, 5.74) is -6.20. The molecular formula is C14H6F6N4O4. The third-order valence-corrected chi connectivity index (χ3v) is 3.26. The fraction of sp³-hybridized carbons (Fsp3) is 0.143. The number of azo groups is 1. The van der Waals surface area contributed by atoms with Crippen LogP contribution in [0.2, 0.25) is 0 Å². The summed E-state index contributed by atoms with van der Waals surface area (Å²) in [6.07, 6.45) is -9.74. The maximum Gasteiger partial charge on any atom is 0.416 e. The summed E-state index contributed by atoms with van der Waals surface area (Å²) in [6.45, 7) is 0. The number of nitro groups is 2. The Morgan fingerprint density at radius 2 is 1.00 bits per heavy atom. The molecule has 0 spiro atoms. The van der Waals surface area contributed by atoms with E-state index in [0.29, 0.717) is 24.3 Å². The Balaban J connectivity index is 2.51. The number of nitro benzene ring substituents is 2. The summed E-state index contributed by atoms with van der Waals surface area (Å²) in [5, 5.41) is 28.5. The highest BCUT2D eigenvalue weighted by atomic mass is 19.4. The summed E-state index contributed by atoms with van der Waals surface area (Å²) in [5.74, 6) is 0. The van der Waals surface area contributed by atoms with E-state index >= 15 is 0 Å². The highest BCUT2D eigenvalue weighted by molar-refractivity contribution is 5.61. The summed E-state index contributed by atoms with van der Waals surface area (Å²) < 4.78 is 75.9. The van der Waals surface area contributed by atoms with Gasteiger partial charge in [-0.3, -0.25) is 20.2 Å². The van der Waals surface area contributed by atoms with E-state index in [1.54, 1.807) is 0 Å². The monoisotopic (exact) mass is 408 g/mol. The van der Waals surface area contributed by atoms with Gasteiger partial charge in [0.15, 0.2) is 11.4 Å². The third-order valence-electron chi connectivity index (χ3n) is 3.26. The molecule has 0 aromatic heterocycles. The summed E-state index contributed by atoms with van der Waals surface area (Å²) in [7, 11) is 0. The van der Waals surface area contributed by atoms with Crippen molar-refractivity contribution in [1.82, 2.24) is 0 Å². The Kier molecular flexibility index (Phi) is 5.33. The molecule has 0 aliphatic carbocycles. The van der Waals surface area contributed by atoms with Crippen molar-refractivity contribution < 1.29 is 36.2 Å². The van der Waals surface area contributed by atoms with Crippen LogP contribution in [0.1, 0.15) is 11.1 Å². The van der Waals surface area contributed by atoms with Crippen LogP contribution >= 0.6 is 0 Å². The minimum absolute atomic E-state index is 0.190. The number of nitrogens with zero attached hydrogens (tertiary/aromatic N) is 4. The van der Waals surface area contributed by atoms with Gasteiger partial charge in [0.25, 0.3) is 11.4 Å². The van der Waals surface area contributed by atoms with Crippen LogP contribution in [0.5, 0.6) is 0 Å². The second kappa shape index (κ2) is 7.21. The van der Waals surface area contributed by atoms with Crippen molar-refractivity contribution in [2.45, 2.75) is 12.4 Å². The van der Waals surface area contributed by atoms with E-state index < -0.39 is 56.1 Å². The molecule has 148 valence electrons. The zero-order valence-corrected chi connectivity index (χ0v) is 13.2. The van der Waals surface area contributed by atoms with Gasteiger partial charge in [0.05, 0.1) is 21.0 Å². The van der Waals surface area contributed by atoms with Crippen LogP contribution in [0.3, 0.4) is 0 Å². The molecule has 0 aliphatic rings. The fourth-order valence-corrected chi connectivity index (χ4v) is 1.97. The average Bonchev–Trinajstić information content (AvgIpc) is 2.57. The van der Waals surface area contributed by atoms with Gasteiger partial charge in [0.2, 0.25) is 0 Å². The summed E-state index contributed by atoms with van der Waals surface area (Å²) in [6, 6.07) is 2.55. The Morgan fingerprint density at radius 1 is 0.679 bits per heavy atom. The van der Waals surface area contributed by atoms with E-state index in [2.05, 4.69) is 10.2 Å². The second-order valence-electron chi connectivity index (χ2n) is 5.12. The molecule has 0 radical (unpaired) electrons. The zero-order chi connectivity index (χ0) is 21.3. The van der Waals surface area contributed by atoms with Gasteiger partial charge in [-0.15, -0.1) is 10.2 Å². The van der Waals surface area contributed by atoms with Crippen molar-refractivity contribution in [3.8, 4) is 0 Å². The lowest BCUT2D eigenvalue weighted by Gasteiger charge is -2.07. The standard InChI is InChI=1S/C14H6F6N4O4/c15-13(16,17)7-1-3-9(11(5-7)23(25)26)21-22-10-4-2-8(14(18,19)20)6-12(10)24(27)28/h1-6H. The Hall–Kier alpha value is -3.58. The molecule has 0 N–H and O–H groups in total. The van der Waals surface area contributed by atoms with Gasteiger partial charge < -0.3 is 0 Å². The van der Waals surface area contributed by atoms with E-state index in [1.165, 1.54) is 0 Å². The number of alkyl halides is 6. The van der Waals surface area contributed by atoms with Crippen LogP contribution in [0.25, 0.3) is 0 Å². The van der Waals surface area contributed by atoms with E-state index in [4.69, 9.17) is 0 Å². The van der Waals surface area contributed by atoms with Crippen LogP contribution in [-0.2, 0) is 12.4 Å². The molecule has 0 amide bonds. The molecule has 0 heterocycles. The van der Waals surface area contributed by atoms with Crippen LogP contribution in [0.4, 0.5) is 49.1 Å². The first-order valence-electron chi connectivity index (χ1n) is 6.93. The molecule has 2 aromatic rings. The van der Waals surface area contributed by atoms with Gasteiger partial charge >= 0.3 is 12.4 Å². The van der Waals surface area contributed by atoms with Crippen LogP contribution in [-0.4, -0.2) is 9.85 Å². The molecular weight excluding hydrogens is 402 g/mol. The Bertz CT molecular complexity index is 894. The first kappa shape index (κ1) is 20.7. The molecule has 2 rings (SSSR count). The van der Waals surface area contributed by atoms with Gasteiger partial charge in [-0.05, 0) is 24.3 Å². The molecule has 0 bridgehead atoms. The molecule has 14 heteroatoms. The predicted octanol–water partition coefficient (Wildman–Crippen LogP) is 5.96. The van der Waals surface area contributed by atoms with E-state index in [9.17, 15) is 46.6 Å². The van der Waals surface area contributed by atoms with Gasteiger partial charge in [0.1, 0.15) is 0 Å². The van der Waals surface area contributed by atoms with Crippen LogP contribution in [0.15, 0.2) is 46.6 Å². The molecule has 0 aliphatic heterocycles. The quantitative estimate of drug-likeness (QED) is 0.269. The van der Waals surface area contributed by atoms with Gasteiger partial charge in [-0.25, -0.2) is 0 Å². The SMILES string of the molecule is O=[N+]([O-])c1cc(C(F)(F)F)ccc1N=Nc1ccc(C(F)(F)F)cc1[N+](=O)[O-]. The van der Waals surface area contributed by atoms with Gasteiger partial charge in [0, 0.05) is 12.1 Å². The minimum Gasteiger partial charge on any atom is -0.258 e. The first-order chi connectivity index (χ1) is 12.8. The minimum atomic E-state index is -4.87. The van der Waals surface area contributed by atoms with Crippen molar-refractivity contribution in [3.63, 3.8) is 0 Å². The highest BCUT2D eigenvalue weighted by Gasteiger charge is 2.34. The molecule has 0 unspecified atom stereocenters. The number of rotatable bonds is 4. The number of halogens is 6. The van der Waals surface area contributed by atoms with Gasteiger partial charge in [-0.2, -0.15) is 26.3 Å². The van der Waals surface area contributed by atoms with Crippen molar-refractivity contribution in [3.05, 3.63) is 67.8 Å². The lowest BCUT2D eigenvalue weighted by atomic mass is 10.1. The maximum absolute atomic E-state index is 12.6. The second-order valence-corrected chi connectivity index (χ2v) is 5.12. The maximum atomic E-state index is 12.6. The molecule has 2 aromatic carbocycles. The molecule has 0 saturated carbocycles. The Morgan fingerprint density at radius 3 is 1.25 bits per heavy atom. The number of hydrogen-bond donors (Lipinski definition) is 0. The van der Waals surface area contributed by atoms with E-state index in [1.807, 2.05) is 0 Å². The molecule has 28 heavy (non-hydrogen) atoms. The molecule has 0 fully saturated rings. The third kappa shape index (κ3) is 4.57. The normalized spacial score (nSPS) is 12.4. The first-order valence-corrected chi connectivity index (χ1v) is 6.93. The molecule has 0 atom stereocenters. The van der Waals surface area contributed by atoms with Crippen molar-refractivity contribution in [2.75, 3.05) is 0 Å². The number of hydrogen-bond acceptors (Lipinski definition) is 6. The molecule has 8 nitrogen and oxygen atoms in total. The van der Waals surface area contributed by atoms with Crippen LogP contribution < -0.4 is 0 Å². The van der Waals surface area contributed by atoms with Gasteiger partial charge in [-0.1, -0.05) is 0 Å². The average molecular weight is 408 g/mol. The van der Waals surface area contributed by atoms with E-state index in [-0.39, 0.29) is 12.1 Å². The zero-order valence-electron chi connectivity index (χ0n) is 13.2. The van der Waals surface area contributed by atoms with E-state index in [0.717, 1.165) is 0 Å². The topological polar surface area (TPSA) is 111 Å². The van der Waals surface area contributed by atoms with Crippen molar-refractivity contribution in [2.24, 2.45) is 10.2 Å². The smallest absolute Gasteiger partial charge is 0.258 e. The van der Waals surface area contributed by atoms with Crippen molar-refractivity contribution in [1.29, 1.82) is 0 Å².